The third-order valence-corrected chi connectivity index (χ3v) is 9.24. The Morgan fingerprint density at radius 2 is 1.07 bits per heavy atom. The number of carbonyl (C=O) groups is 2. The first-order chi connectivity index (χ1) is 28.1. The van der Waals surface area contributed by atoms with Gasteiger partial charge in [-0.1, -0.05) is 137 Å². The number of aliphatic hydroxyl groups is 3. The molecule has 0 heterocycles. The first-order valence-corrected chi connectivity index (χ1v) is 22.8. The highest BCUT2D eigenvalue weighted by Crippen LogP contribution is 2.43. The number of esters is 2. The van der Waals surface area contributed by atoms with Crippen LogP contribution in [0.2, 0.25) is 0 Å². The monoisotopic (exact) mass is 835 g/mol. The van der Waals surface area contributed by atoms with Crippen LogP contribution < -0.4 is 0 Å². The molecular weight excluding hydrogens is 759 g/mol. The van der Waals surface area contributed by atoms with Crippen molar-refractivity contribution in [3.63, 3.8) is 0 Å². The van der Waals surface area contributed by atoms with E-state index >= 15 is 0 Å². The van der Waals surface area contributed by atoms with Crippen LogP contribution in [0.15, 0.2) is 97.2 Å². The van der Waals surface area contributed by atoms with Gasteiger partial charge < -0.3 is 29.7 Å². The molecule has 12 heteroatoms. The van der Waals surface area contributed by atoms with E-state index in [0.29, 0.717) is 38.5 Å². The molecule has 0 aromatic carbocycles. The summed E-state index contributed by atoms with van der Waals surface area (Å²) in [4.78, 5) is 34.9. The third kappa shape index (κ3) is 39.7. The summed E-state index contributed by atoms with van der Waals surface area (Å²) in [6.07, 6.45) is 45.5. The van der Waals surface area contributed by atoms with Crippen molar-refractivity contribution in [2.75, 3.05) is 26.4 Å². The number of unbranched alkanes of at least 4 members (excludes halogenated alkanes) is 8. The third-order valence-electron chi connectivity index (χ3n) is 8.29. The van der Waals surface area contributed by atoms with Crippen LogP contribution >= 0.6 is 7.82 Å². The lowest BCUT2D eigenvalue weighted by Gasteiger charge is -2.20. The van der Waals surface area contributed by atoms with Crippen LogP contribution in [0.25, 0.3) is 0 Å². The molecule has 0 aliphatic carbocycles. The molecule has 0 aliphatic heterocycles. The molecule has 4 N–H and O–H groups in total. The summed E-state index contributed by atoms with van der Waals surface area (Å²) in [5, 5.41) is 28.3. The quantitative estimate of drug-likeness (QED) is 0.0154. The molecule has 1 unspecified atom stereocenters. The second kappa shape index (κ2) is 40.6. The van der Waals surface area contributed by atoms with Crippen molar-refractivity contribution < 1.29 is 52.9 Å². The minimum Gasteiger partial charge on any atom is -0.462 e. The maximum absolute atomic E-state index is 12.6. The maximum atomic E-state index is 12.6. The predicted octanol–water partition coefficient (Wildman–Crippen LogP) is 10.2. The van der Waals surface area contributed by atoms with Crippen molar-refractivity contribution in [1.29, 1.82) is 0 Å². The maximum Gasteiger partial charge on any atom is 0.472 e. The number of rotatable bonds is 38. The zero-order valence-corrected chi connectivity index (χ0v) is 36.2. The van der Waals surface area contributed by atoms with E-state index in [-0.39, 0.29) is 19.4 Å². The van der Waals surface area contributed by atoms with Gasteiger partial charge in [-0.3, -0.25) is 18.6 Å². The number of carbonyl (C=O) groups excluding carboxylic acids is 2. The summed E-state index contributed by atoms with van der Waals surface area (Å²) in [5.74, 6) is -1.11. The van der Waals surface area contributed by atoms with Crippen LogP contribution in [0, 0.1) is 0 Å². The largest absolute Gasteiger partial charge is 0.472 e. The average molecular weight is 835 g/mol. The molecule has 0 spiro atoms. The molecule has 330 valence electrons. The van der Waals surface area contributed by atoms with Crippen LogP contribution in [0.5, 0.6) is 0 Å². The minimum absolute atomic E-state index is 0.0589. The van der Waals surface area contributed by atoms with Crippen molar-refractivity contribution in [2.45, 2.75) is 154 Å². The lowest BCUT2D eigenvalue weighted by Crippen LogP contribution is -2.29. The Labute approximate surface area is 349 Å². The smallest absolute Gasteiger partial charge is 0.462 e. The van der Waals surface area contributed by atoms with Crippen LogP contribution in [-0.2, 0) is 32.7 Å². The number of hydrogen-bond acceptors (Lipinski definition) is 10. The van der Waals surface area contributed by atoms with Crippen LogP contribution in [0.1, 0.15) is 136 Å². The Morgan fingerprint density at radius 1 is 0.586 bits per heavy atom. The normalized spacial score (nSPS) is 15.3. The van der Waals surface area contributed by atoms with Crippen molar-refractivity contribution in [3.8, 4) is 0 Å². The lowest BCUT2D eigenvalue weighted by atomic mass is 10.1. The fraction of sp³-hybridized carbons (Fsp3) is 0.609. The Bertz CT molecular complexity index is 1300. The Hall–Kier alpha value is -3.15. The van der Waals surface area contributed by atoms with Gasteiger partial charge in [0, 0.05) is 12.8 Å². The highest BCUT2D eigenvalue weighted by Gasteiger charge is 2.27. The summed E-state index contributed by atoms with van der Waals surface area (Å²) < 4.78 is 32.5. The van der Waals surface area contributed by atoms with Crippen LogP contribution in [-0.4, -0.2) is 76.9 Å². The number of ether oxygens (including phenoxy) is 2. The molecule has 0 saturated heterocycles. The number of aliphatic hydroxyl groups excluding tert-OH is 3. The van der Waals surface area contributed by atoms with Gasteiger partial charge in [-0.25, -0.2) is 4.57 Å². The SMILES string of the molecule is CCCCC/C=C\C/C=C\C/C=C\C/C=C\CCCC(=O)OC[C@H](COP(=O)(O)OC[C@@H](O)CO)OC(=O)CCC/C=C\C/C=C\C=C\[C@@H](O)C/C=C\CCCCC. The lowest BCUT2D eigenvalue weighted by molar-refractivity contribution is -0.161. The molecule has 0 rings (SSSR count). The number of hydrogen-bond donors (Lipinski definition) is 4. The van der Waals surface area contributed by atoms with Gasteiger partial charge in [0.05, 0.1) is 25.9 Å². The van der Waals surface area contributed by atoms with Crippen LogP contribution in [0.4, 0.5) is 0 Å². The zero-order chi connectivity index (χ0) is 42.8. The highest BCUT2D eigenvalue weighted by atomic mass is 31.2. The van der Waals surface area contributed by atoms with Crippen LogP contribution in [0.3, 0.4) is 0 Å². The van der Waals surface area contributed by atoms with E-state index in [4.69, 9.17) is 19.1 Å². The van der Waals surface area contributed by atoms with Gasteiger partial charge in [-0.2, -0.15) is 0 Å². The van der Waals surface area contributed by atoms with E-state index in [1.807, 2.05) is 48.6 Å². The Morgan fingerprint density at radius 3 is 1.62 bits per heavy atom. The molecule has 0 aliphatic rings. The van der Waals surface area contributed by atoms with E-state index in [1.165, 1.54) is 38.5 Å². The number of phosphoric acid groups is 1. The summed E-state index contributed by atoms with van der Waals surface area (Å²) in [5.41, 5.74) is 0. The summed E-state index contributed by atoms with van der Waals surface area (Å²) >= 11 is 0. The van der Waals surface area contributed by atoms with Crippen molar-refractivity contribution in [3.05, 3.63) is 97.2 Å². The molecule has 4 atom stereocenters. The Balaban J connectivity index is 4.59. The van der Waals surface area contributed by atoms with Gasteiger partial charge in [0.25, 0.3) is 0 Å². The zero-order valence-electron chi connectivity index (χ0n) is 35.3. The standard InChI is InChI=1S/C46H75O11P/c1-3-5-7-9-11-12-13-14-15-16-17-18-19-20-24-28-32-36-45(50)54-40-44(41-56-58(52,53)55-39-43(49)38-47)57-46(51)37-33-29-25-22-21-23-27-31-35-42(48)34-30-26-10-8-6-4-2/h11-12,14-15,17-18,20,22-27,30-31,35,42-44,47-49H,3-10,13,16,19,21,28-29,32-34,36-41H2,1-2H3,(H,52,53)/b12-11-,15-14-,18-17-,24-20-,25-22-,27-23-,30-26-,35-31+/t42-,43-,44+/m0/s1. The van der Waals surface area contributed by atoms with E-state index in [0.717, 1.165) is 32.1 Å². The summed E-state index contributed by atoms with van der Waals surface area (Å²) in [7, 11) is -4.67. The van der Waals surface area contributed by atoms with E-state index < -0.39 is 57.9 Å². The number of allylic oxidation sites excluding steroid dienone is 14. The highest BCUT2D eigenvalue weighted by molar-refractivity contribution is 7.47. The molecule has 11 nitrogen and oxygen atoms in total. The van der Waals surface area contributed by atoms with E-state index in [1.54, 1.807) is 6.08 Å². The molecule has 0 fully saturated rings. The molecular formula is C46H75O11P. The minimum atomic E-state index is -4.67. The Kier molecular flexibility index (Phi) is 38.4. The van der Waals surface area contributed by atoms with E-state index in [9.17, 15) is 29.3 Å². The van der Waals surface area contributed by atoms with Gasteiger partial charge in [-0.05, 0) is 83.5 Å². The number of phosphoric ester groups is 1. The van der Waals surface area contributed by atoms with Gasteiger partial charge in [0.15, 0.2) is 6.10 Å². The fourth-order valence-corrected chi connectivity index (χ4v) is 5.73. The van der Waals surface area contributed by atoms with Crippen molar-refractivity contribution in [2.24, 2.45) is 0 Å². The van der Waals surface area contributed by atoms with E-state index in [2.05, 4.69) is 60.9 Å². The average Bonchev–Trinajstić information content (AvgIpc) is 3.21. The molecule has 0 bridgehead atoms. The first-order valence-electron chi connectivity index (χ1n) is 21.3. The van der Waals surface area contributed by atoms with Gasteiger partial charge in [0.2, 0.25) is 0 Å². The van der Waals surface area contributed by atoms with Gasteiger partial charge >= 0.3 is 19.8 Å². The topological polar surface area (TPSA) is 169 Å². The second-order valence-corrected chi connectivity index (χ2v) is 15.3. The molecule has 0 aromatic rings. The van der Waals surface area contributed by atoms with Crippen molar-refractivity contribution in [1.82, 2.24) is 0 Å². The van der Waals surface area contributed by atoms with Gasteiger partial charge in [-0.15, -0.1) is 0 Å². The molecule has 58 heavy (non-hydrogen) atoms. The van der Waals surface area contributed by atoms with Gasteiger partial charge in [0.1, 0.15) is 12.7 Å². The summed E-state index contributed by atoms with van der Waals surface area (Å²) in [6, 6.07) is 0. The second-order valence-electron chi connectivity index (χ2n) is 13.9. The first kappa shape index (κ1) is 54.9. The fourth-order valence-electron chi connectivity index (χ4n) is 4.94. The molecule has 0 aromatic heterocycles. The predicted molar refractivity (Wildman–Crippen MR) is 234 cm³/mol. The molecule has 0 amide bonds. The van der Waals surface area contributed by atoms with Crippen molar-refractivity contribution >= 4 is 19.8 Å². The molecule has 0 saturated carbocycles. The summed E-state index contributed by atoms with van der Waals surface area (Å²) in [6.45, 7) is 2.07. The molecule has 0 radical (unpaired) electrons.